The van der Waals surface area contributed by atoms with Crippen molar-refractivity contribution in [1.29, 1.82) is 0 Å². The van der Waals surface area contributed by atoms with Gasteiger partial charge in [-0.2, -0.15) is 0 Å². The predicted octanol–water partition coefficient (Wildman–Crippen LogP) is 1.79. The summed E-state index contributed by atoms with van der Waals surface area (Å²) in [6.45, 7) is 2.85. The van der Waals surface area contributed by atoms with E-state index in [9.17, 15) is 14.4 Å². The van der Waals surface area contributed by atoms with Gasteiger partial charge in [0.2, 0.25) is 17.7 Å². The number of nitrogens with zero attached hydrogens (tertiary/aromatic N) is 2. The Hall–Kier alpha value is -2.37. The summed E-state index contributed by atoms with van der Waals surface area (Å²) in [5, 5.41) is 2.99. The topological polar surface area (TPSA) is 69.7 Å². The van der Waals surface area contributed by atoms with Crippen molar-refractivity contribution in [2.45, 2.75) is 32.6 Å². The number of piperidine rings is 1. The van der Waals surface area contributed by atoms with Crippen molar-refractivity contribution in [3.05, 3.63) is 23.8 Å². The Morgan fingerprint density at radius 2 is 1.88 bits per heavy atom. The van der Waals surface area contributed by atoms with Gasteiger partial charge in [0.15, 0.2) is 0 Å². The molecule has 0 saturated carbocycles. The first kappa shape index (κ1) is 16.5. The number of anilines is 2. The van der Waals surface area contributed by atoms with Gasteiger partial charge in [-0.15, -0.1) is 0 Å². The molecule has 2 aliphatic heterocycles. The van der Waals surface area contributed by atoms with Crippen LogP contribution in [0.3, 0.4) is 0 Å². The first-order chi connectivity index (χ1) is 11.5. The number of carbonyl (C=O) groups excluding carboxylic acids is 3. The third-order valence-electron chi connectivity index (χ3n) is 5.00. The normalized spacial score (nSPS) is 18.3. The summed E-state index contributed by atoms with van der Waals surface area (Å²) in [5.41, 5.74) is 2.77. The van der Waals surface area contributed by atoms with Crippen LogP contribution in [0.25, 0.3) is 0 Å². The van der Waals surface area contributed by atoms with Crippen LogP contribution in [-0.4, -0.2) is 42.8 Å². The van der Waals surface area contributed by atoms with E-state index in [1.165, 1.54) is 0 Å². The number of nitrogens with one attached hydrogen (secondary N) is 1. The first-order valence-electron chi connectivity index (χ1n) is 8.41. The molecule has 1 N–H and O–H groups in total. The minimum Gasteiger partial charge on any atom is -0.343 e. The molecule has 0 radical (unpaired) electrons. The second-order valence-corrected chi connectivity index (χ2v) is 6.57. The Labute approximate surface area is 141 Å². The molecule has 1 aromatic rings. The number of rotatable bonds is 2. The Bertz CT molecular complexity index is 678. The van der Waals surface area contributed by atoms with Crippen molar-refractivity contribution in [2.24, 2.45) is 5.92 Å². The summed E-state index contributed by atoms with van der Waals surface area (Å²) in [6, 6.07) is 5.69. The maximum atomic E-state index is 12.4. The lowest BCUT2D eigenvalue weighted by molar-refractivity contribution is -0.132. The third kappa shape index (κ3) is 3.27. The number of carbonyl (C=O) groups is 3. The van der Waals surface area contributed by atoms with Crippen LogP contribution in [0.5, 0.6) is 0 Å². The number of aryl methyl sites for hydroxylation is 1. The molecular formula is C18H23N3O3. The van der Waals surface area contributed by atoms with Gasteiger partial charge >= 0.3 is 0 Å². The van der Waals surface area contributed by atoms with Gasteiger partial charge in [0.1, 0.15) is 0 Å². The lowest BCUT2D eigenvalue weighted by Crippen LogP contribution is -2.40. The van der Waals surface area contributed by atoms with Gasteiger partial charge in [0.25, 0.3) is 0 Å². The molecule has 0 unspecified atom stereocenters. The lowest BCUT2D eigenvalue weighted by atomic mass is 9.95. The second kappa shape index (κ2) is 6.63. The molecule has 3 amide bonds. The van der Waals surface area contributed by atoms with Gasteiger partial charge in [0.05, 0.1) is 0 Å². The molecule has 6 nitrogen and oxygen atoms in total. The van der Waals surface area contributed by atoms with Crippen LogP contribution in [0.4, 0.5) is 11.4 Å². The molecule has 0 aliphatic carbocycles. The minimum atomic E-state index is -0.0547. The zero-order chi connectivity index (χ0) is 17.3. The largest absolute Gasteiger partial charge is 0.343 e. The summed E-state index contributed by atoms with van der Waals surface area (Å²) in [4.78, 5) is 39.0. The van der Waals surface area contributed by atoms with Crippen molar-refractivity contribution in [2.75, 3.05) is 30.4 Å². The van der Waals surface area contributed by atoms with Crippen LogP contribution >= 0.6 is 0 Å². The van der Waals surface area contributed by atoms with Crippen molar-refractivity contribution in [3.63, 3.8) is 0 Å². The summed E-state index contributed by atoms with van der Waals surface area (Å²) < 4.78 is 0. The molecule has 1 saturated heterocycles. The Morgan fingerprint density at radius 3 is 2.54 bits per heavy atom. The molecule has 128 valence electrons. The Morgan fingerprint density at radius 1 is 1.17 bits per heavy atom. The van der Waals surface area contributed by atoms with E-state index in [0.29, 0.717) is 38.8 Å². The van der Waals surface area contributed by atoms with E-state index < -0.39 is 0 Å². The average Bonchev–Trinajstić information content (AvgIpc) is 2.58. The van der Waals surface area contributed by atoms with Gasteiger partial charge in [-0.25, -0.2) is 0 Å². The van der Waals surface area contributed by atoms with Crippen molar-refractivity contribution >= 4 is 29.1 Å². The van der Waals surface area contributed by atoms with Gasteiger partial charge in [-0.1, -0.05) is 0 Å². The number of likely N-dealkylation sites (tertiary alicyclic amines) is 1. The molecule has 0 bridgehead atoms. The van der Waals surface area contributed by atoms with Crippen molar-refractivity contribution in [3.8, 4) is 0 Å². The SMILES string of the molecule is CC(=O)N1CCC(C(=O)Nc2ccc3c(c2)CCC(=O)N3C)CC1. The summed E-state index contributed by atoms with van der Waals surface area (Å²) in [7, 11) is 1.78. The fourth-order valence-corrected chi connectivity index (χ4v) is 3.44. The van der Waals surface area contributed by atoms with Crippen LogP contribution in [0.2, 0.25) is 0 Å². The molecule has 0 atom stereocenters. The number of hydrogen-bond acceptors (Lipinski definition) is 3. The molecule has 1 aromatic carbocycles. The quantitative estimate of drug-likeness (QED) is 0.899. The number of fused-ring (bicyclic) bond motifs is 1. The summed E-state index contributed by atoms with van der Waals surface area (Å²) >= 11 is 0. The number of amides is 3. The molecule has 0 aromatic heterocycles. The highest BCUT2D eigenvalue weighted by molar-refractivity contribution is 5.97. The van der Waals surface area contributed by atoms with Gasteiger partial charge in [-0.05, 0) is 43.0 Å². The zero-order valence-electron chi connectivity index (χ0n) is 14.2. The van der Waals surface area contributed by atoms with E-state index in [4.69, 9.17) is 0 Å². The number of hydrogen-bond donors (Lipinski definition) is 1. The van der Waals surface area contributed by atoms with Gasteiger partial charge < -0.3 is 15.1 Å². The fourth-order valence-electron chi connectivity index (χ4n) is 3.44. The van der Waals surface area contributed by atoms with Crippen LogP contribution < -0.4 is 10.2 Å². The van der Waals surface area contributed by atoms with Crippen LogP contribution in [0, 0.1) is 5.92 Å². The molecule has 3 rings (SSSR count). The van der Waals surface area contributed by atoms with Gasteiger partial charge in [-0.3, -0.25) is 14.4 Å². The zero-order valence-corrected chi connectivity index (χ0v) is 14.2. The minimum absolute atomic E-state index is 0.0124. The second-order valence-electron chi connectivity index (χ2n) is 6.57. The Balaban J connectivity index is 1.63. The van der Waals surface area contributed by atoms with Gasteiger partial charge in [0, 0.05) is 50.8 Å². The smallest absolute Gasteiger partial charge is 0.227 e. The molecule has 2 aliphatic rings. The maximum Gasteiger partial charge on any atom is 0.227 e. The molecular weight excluding hydrogens is 306 g/mol. The van der Waals surface area contributed by atoms with E-state index in [1.54, 1.807) is 23.8 Å². The monoisotopic (exact) mass is 329 g/mol. The molecule has 2 heterocycles. The summed E-state index contributed by atoms with van der Waals surface area (Å²) in [5.74, 6) is 0.151. The first-order valence-corrected chi connectivity index (χ1v) is 8.41. The van der Waals surface area contributed by atoms with Crippen molar-refractivity contribution in [1.82, 2.24) is 4.90 Å². The third-order valence-corrected chi connectivity index (χ3v) is 5.00. The highest BCUT2D eigenvalue weighted by Crippen LogP contribution is 2.29. The fraction of sp³-hybridized carbons (Fsp3) is 0.500. The van der Waals surface area contributed by atoms with Crippen LogP contribution in [-0.2, 0) is 20.8 Å². The van der Waals surface area contributed by atoms with E-state index in [-0.39, 0.29) is 23.6 Å². The average molecular weight is 329 g/mol. The van der Waals surface area contributed by atoms with Crippen LogP contribution in [0.15, 0.2) is 18.2 Å². The maximum absolute atomic E-state index is 12.4. The standard InChI is InChI=1S/C18H23N3O3/c1-12(22)21-9-7-13(8-10-21)18(24)19-15-4-5-16-14(11-15)3-6-17(23)20(16)2/h4-5,11,13H,3,6-10H2,1-2H3,(H,19,24). The molecule has 24 heavy (non-hydrogen) atoms. The molecule has 0 spiro atoms. The van der Waals surface area contributed by atoms with E-state index in [0.717, 1.165) is 16.9 Å². The molecule has 6 heteroatoms. The van der Waals surface area contributed by atoms with E-state index in [2.05, 4.69) is 5.32 Å². The van der Waals surface area contributed by atoms with E-state index >= 15 is 0 Å². The predicted molar refractivity (Wildman–Crippen MR) is 91.8 cm³/mol. The van der Waals surface area contributed by atoms with Crippen molar-refractivity contribution < 1.29 is 14.4 Å². The highest BCUT2D eigenvalue weighted by atomic mass is 16.2. The molecule has 1 fully saturated rings. The van der Waals surface area contributed by atoms with E-state index in [1.807, 2.05) is 18.2 Å². The van der Waals surface area contributed by atoms with Crippen LogP contribution in [0.1, 0.15) is 31.7 Å². The Kier molecular flexibility index (Phi) is 4.55. The number of benzene rings is 1. The summed E-state index contributed by atoms with van der Waals surface area (Å²) in [6.07, 6.45) is 2.62. The highest BCUT2D eigenvalue weighted by Gasteiger charge is 2.26. The lowest BCUT2D eigenvalue weighted by Gasteiger charge is -2.30.